The molecule has 1 heterocycles. The summed E-state index contributed by atoms with van der Waals surface area (Å²) in [5.74, 6) is 0.264. The maximum absolute atomic E-state index is 12.7. The van der Waals surface area contributed by atoms with E-state index in [4.69, 9.17) is 4.74 Å². The highest BCUT2D eigenvalue weighted by atomic mass is 16.5. The van der Waals surface area contributed by atoms with Crippen molar-refractivity contribution in [3.63, 3.8) is 0 Å². The molecular weight excluding hydrogens is 356 g/mol. The molecule has 1 atom stereocenters. The Morgan fingerprint density at radius 2 is 1.79 bits per heavy atom. The van der Waals surface area contributed by atoms with Gasteiger partial charge in [-0.05, 0) is 24.6 Å². The normalized spacial score (nSPS) is 11.9. The Hall–Kier alpha value is -3.19. The van der Waals surface area contributed by atoms with Gasteiger partial charge in [0.05, 0.1) is 23.6 Å². The number of para-hydroxylation sites is 2. The van der Waals surface area contributed by atoms with Crippen molar-refractivity contribution in [1.82, 2.24) is 20.2 Å². The standard InChI is InChI=1S/C21H24N4O3/c1-15(16-8-4-3-5-9-16)23-20(26)13-25-18-11-7-6-10-17(18)24-19(25)12-22-21(27)14-28-2/h3-11,15H,12-14H2,1-2H3,(H,22,27)(H,23,26). The fraction of sp³-hybridized carbons (Fsp3) is 0.286. The summed E-state index contributed by atoms with van der Waals surface area (Å²) < 4.78 is 6.66. The molecule has 3 aromatic rings. The molecule has 0 radical (unpaired) electrons. The summed E-state index contributed by atoms with van der Waals surface area (Å²) in [5.41, 5.74) is 2.67. The third-order valence-electron chi connectivity index (χ3n) is 4.43. The number of amides is 2. The van der Waals surface area contributed by atoms with Gasteiger partial charge in [0.2, 0.25) is 11.8 Å². The van der Waals surface area contributed by atoms with Crippen LogP contribution in [-0.2, 0) is 27.4 Å². The van der Waals surface area contributed by atoms with Crippen molar-refractivity contribution in [3.8, 4) is 0 Å². The van der Waals surface area contributed by atoms with Gasteiger partial charge in [0.1, 0.15) is 19.0 Å². The number of ether oxygens (including phenoxy) is 1. The third-order valence-corrected chi connectivity index (χ3v) is 4.43. The van der Waals surface area contributed by atoms with E-state index in [2.05, 4.69) is 15.6 Å². The molecule has 7 nitrogen and oxygen atoms in total. The second-order valence-corrected chi connectivity index (χ2v) is 6.51. The highest BCUT2D eigenvalue weighted by Gasteiger charge is 2.16. The molecule has 0 aliphatic carbocycles. The Kier molecular flexibility index (Phi) is 6.39. The number of aromatic nitrogens is 2. The van der Waals surface area contributed by atoms with Gasteiger partial charge in [-0.2, -0.15) is 0 Å². The van der Waals surface area contributed by atoms with Crippen LogP contribution in [0.3, 0.4) is 0 Å². The molecule has 1 aromatic heterocycles. The zero-order valence-corrected chi connectivity index (χ0v) is 16.0. The monoisotopic (exact) mass is 380 g/mol. The van der Waals surface area contributed by atoms with Gasteiger partial charge in [0, 0.05) is 7.11 Å². The van der Waals surface area contributed by atoms with Crippen LogP contribution in [0.15, 0.2) is 54.6 Å². The van der Waals surface area contributed by atoms with Gasteiger partial charge in [0.15, 0.2) is 0 Å². The van der Waals surface area contributed by atoms with E-state index in [1.54, 1.807) is 0 Å². The number of hydrogen-bond donors (Lipinski definition) is 2. The molecule has 0 bridgehead atoms. The predicted molar refractivity (Wildman–Crippen MR) is 106 cm³/mol. The number of carbonyl (C=O) groups is 2. The maximum Gasteiger partial charge on any atom is 0.246 e. The molecule has 0 saturated carbocycles. The van der Waals surface area contributed by atoms with E-state index in [1.807, 2.05) is 66.1 Å². The summed E-state index contributed by atoms with van der Waals surface area (Å²) in [5, 5.41) is 5.78. The first kappa shape index (κ1) is 19.6. The van der Waals surface area contributed by atoms with Crippen LogP contribution in [0, 0.1) is 0 Å². The number of nitrogens with one attached hydrogen (secondary N) is 2. The van der Waals surface area contributed by atoms with Crippen LogP contribution in [0.2, 0.25) is 0 Å². The van der Waals surface area contributed by atoms with Crippen molar-refractivity contribution in [3.05, 3.63) is 66.0 Å². The number of fused-ring (bicyclic) bond motifs is 1. The number of benzene rings is 2. The average Bonchev–Trinajstić information content (AvgIpc) is 3.04. The zero-order chi connectivity index (χ0) is 19.9. The molecule has 0 spiro atoms. The van der Waals surface area contributed by atoms with Gasteiger partial charge in [-0.1, -0.05) is 42.5 Å². The SMILES string of the molecule is COCC(=O)NCc1nc2ccccc2n1CC(=O)NC(C)c1ccccc1. The minimum Gasteiger partial charge on any atom is -0.375 e. The summed E-state index contributed by atoms with van der Waals surface area (Å²) in [6.07, 6.45) is 0. The molecule has 0 aliphatic heterocycles. The second-order valence-electron chi connectivity index (χ2n) is 6.51. The van der Waals surface area contributed by atoms with E-state index in [0.717, 1.165) is 16.6 Å². The van der Waals surface area contributed by atoms with E-state index in [-0.39, 0.29) is 37.6 Å². The van der Waals surface area contributed by atoms with Crippen molar-refractivity contribution in [2.75, 3.05) is 13.7 Å². The Morgan fingerprint density at radius 1 is 1.07 bits per heavy atom. The summed E-state index contributed by atoms with van der Waals surface area (Å²) >= 11 is 0. The molecule has 146 valence electrons. The molecule has 2 amide bonds. The molecule has 0 aliphatic rings. The van der Waals surface area contributed by atoms with Crippen LogP contribution in [0.25, 0.3) is 11.0 Å². The fourth-order valence-corrected chi connectivity index (χ4v) is 3.05. The number of methoxy groups -OCH3 is 1. The largest absolute Gasteiger partial charge is 0.375 e. The number of carbonyl (C=O) groups excluding carboxylic acids is 2. The molecule has 1 unspecified atom stereocenters. The minimum absolute atomic E-state index is 0.0185. The van der Waals surface area contributed by atoms with E-state index in [0.29, 0.717) is 5.82 Å². The summed E-state index contributed by atoms with van der Waals surface area (Å²) in [6, 6.07) is 17.3. The van der Waals surface area contributed by atoms with Crippen molar-refractivity contribution in [1.29, 1.82) is 0 Å². The molecular formula is C21H24N4O3. The van der Waals surface area contributed by atoms with Crippen LogP contribution in [0.1, 0.15) is 24.4 Å². The number of nitrogens with zero attached hydrogens (tertiary/aromatic N) is 2. The minimum atomic E-state index is -0.233. The third kappa shape index (κ3) is 4.75. The van der Waals surface area contributed by atoms with Crippen molar-refractivity contribution >= 4 is 22.8 Å². The van der Waals surface area contributed by atoms with Crippen molar-refractivity contribution < 1.29 is 14.3 Å². The molecule has 2 N–H and O–H groups in total. The van der Waals surface area contributed by atoms with Crippen LogP contribution >= 0.6 is 0 Å². The van der Waals surface area contributed by atoms with Crippen molar-refractivity contribution in [2.45, 2.75) is 26.1 Å². The molecule has 28 heavy (non-hydrogen) atoms. The first-order valence-electron chi connectivity index (χ1n) is 9.12. The molecule has 7 heteroatoms. The highest BCUT2D eigenvalue weighted by molar-refractivity contribution is 5.81. The second kappa shape index (κ2) is 9.14. The lowest BCUT2D eigenvalue weighted by Crippen LogP contribution is -2.32. The summed E-state index contributed by atoms with van der Waals surface area (Å²) in [4.78, 5) is 28.9. The van der Waals surface area contributed by atoms with Gasteiger partial charge in [-0.15, -0.1) is 0 Å². The first-order chi connectivity index (χ1) is 13.6. The molecule has 0 saturated heterocycles. The molecule has 0 fully saturated rings. The van der Waals surface area contributed by atoms with Gasteiger partial charge < -0.3 is 19.9 Å². The van der Waals surface area contributed by atoms with Gasteiger partial charge in [-0.25, -0.2) is 4.98 Å². The highest BCUT2D eigenvalue weighted by Crippen LogP contribution is 2.17. The van der Waals surface area contributed by atoms with Crippen LogP contribution in [-0.4, -0.2) is 35.1 Å². The lowest BCUT2D eigenvalue weighted by atomic mass is 10.1. The first-order valence-corrected chi connectivity index (χ1v) is 9.12. The fourth-order valence-electron chi connectivity index (χ4n) is 3.05. The topological polar surface area (TPSA) is 85.2 Å². The van der Waals surface area contributed by atoms with Gasteiger partial charge >= 0.3 is 0 Å². The Balaban J connectivity index is 1.76. The Morgan fingerprint density at radius 3 is 2.54 bits per heavy atom. The van der Waals surface area contributed by atoms with Gasteiger partial charge in [0.25, 0.3) is 0 Å². The van der Waals surface area contributed by atoms with Crippen LogP contribution in [0.5, 0.6) is 0 Å². The number of rotatable bonds is 8. The van der Waals surface area contributed by atoms with E-state index >= 15 is 0 Å². The maximum atomic E-state index is 12.7. The van der Waals surface area contributed by atoms with Crippen LogP contribution in [0.4, 0.5) is 0 Å². The average molecular weight is 380 g/mol. The van der Waals surface area contributed by atoms with Crippen LogP contribution < -0.4 is 10.6 Å². The predicted octanol–water partition coefficient (Wildman–Crippen LogP) is 2.18. The zero-order valence-electron chi connectivity index (χ0n) is 16.0. The molecule has 3 rings (SSSR count). The Labute approximate surface area is 163 Å². The van der Waals surface area contributed by atoms with E-state index in [9.17, 15) is 9.59 Å². The summed E-state index contributed by atoms with van der Waals surface area (Å²) in [7, 11) is 1.47. The van der Waals surface area contributed by atoms with Crippen molar-refractivity contribution in [2.24, 2.45) is 0 Å². The van der Waals surface area contributed by atoms with E-state index in [1.165, 1.54) is 7.11 Å². The number of hydrogen-bond acceptors (Lipinski definition) is 4. The van der Waals surface area contributed by atoms with E-state index < -0.39 is 0 Å². The van der Waals surface area contributed by atoms with Gasteiger partial charge in [-0.3, -0.25) is 9.59 Å². The molecule has 2 aromatic carbocycles. The Bertz CT molecular complexity index is 953. The summed E-state index contributed by atoms with van der Waals surface area (Å²) in [6.45, 7) is 2.27. The quantitative estimate of drug-likeness (QED) is 0.627. The number of imidazole rings is 1. The smallest absolute Gasteiger partial charge is 0.246 e. The lowest BCUT2D eigenvalue weighted by Gasteiger charge is -2.16. The lowest BCUT2D eigenvalue weighted by molar-refractivity contribution is -0.125.